The van der Waals surface area contributed by atoms with Crippen molar-refractivity contribution in [3.05, 3.63) is 63.2 Å². The molecule has 0 saturated heterocycles. The first kappa shape index (κ1) is 20.6. The topological polar surface area (TPSA) is 50.9 Å². The van der Waals surface area contributed by atoms with Gasteiger partial charge in [0.25, 0.3) is 0 Å². The third-order valence-corrected chi connectivity index (χ3v) is 5.62. The van der Waals surface area contributed by atoms with Crippen LogP contribution < -0.4 is 5.32 Å². The highest BCUT2D eigenvalue weighted by Crippen LogP contribution is 2.25. The first-order valence-corrected chi connectivity index (χ1v) is 9.89. The Bertz CT molecular complexity index is 1010. The molecule has 0 fully saturated rings. The second-order valence-electron chi connectivity index (χ2n) is 6.67. The van der Waals surface area contributed by atoms with E-state index in [0.29, 0.717) is 28.2 Å². The number of benzene rings is 1. The molecule has 2 aromatic heterocycles. The summed E-state index contributed by atoms with van der Waals surface area (Å²) in [5.74, 6) is 0. The summed E-state index contributed by atoms with van der Waals surface area (Å²) >= 11 is 17.9. The summed E-state index contributed by atoms with van der Waals surface area (Å²) in [6.07, 6.45) is 1.78. The van der Waals surface area contributed by atoms with Crippen LogP contribution in [-0.4, -0.2) is 36.6 Å². The number of nitrogens with one attached hydrogen (secondary N) is 1. The monoisotopic (exact) mass is 436 g/mol. The standard InChI is InChI=1S/C19H22Cl2N6S/c1-12-18(23-19(28)25(3)11-16-7-8-22-26(16)4)13(2)27(24-12)10-14-5-6-15(20)9-17(14)21/h5-9H,10-11H2,1-4H3,(H,23,28). The molecule has 2 heterocycles. The van der Waals surface area contributed by atoms with Gasteiger partial charge in [0, 0.05) is 30.3 Å². The number of aryl methyl sites for hydroxylation is 2. The zero-order valence-electron chi connectivity index (χ0n) is 16.2. The molecule has 0 atom stereocenters. The number of anilines is 1. The van der Waals surface area contributed by atoms with Crippen molar-refractivity contribution in [2.45, 2.75) is 26.9 Å². The van der Waals surface area contributed by atoms with Crippen LogP contribution in [0, 0.1) is 13.8 Å². The van der Waals surface area contributed by atoms with Gasteiger partial charge in [-0.3, -0.25) is 9.36 Å². The summed E-state index contributed by atoms with van der Waals surface area (Å²) in [6.45, 7) is 5.19. The average molecular weight is 437 g/mol. The van der Waals surface area contributed by atoms with Crippen LogP contribution in [-0.2, 0) is 20.1 Å². The van der Waals surface area contributed by atoms with Crippen LogP contribution in [0.15, 0.2) is 30.5 Å². The van der Waals surface area contributed by atoms with Crippen molar-refractivity contribution >= 4 is 46.2 Å². The molecule has 9 heteroatoms. The van der Waals surface area contributed by atoms with Crippen LogP contribution in [0.3, 0.4) is 0 Å². The molecule has 1 N–H and O–H groups in total. The van der Waals surface area contributed by atoms with E-state index in [-0.39, 0.29) is 0 Å². The van der Waals surface area contributed by atoms with Gasteiger partial charge in [0.1, 0.15) is 0 Å². The molecule has 0 aliphatic rings. The Morgan fingerprint density at radius 1 is 1.25 bits per heavy atom. The molecule has 0 saturated carbocycles. The lowest BCUT2D eigenvalue weighted by atomic mass is 10.2. The molecule has 0 aliphatic heterocycles. The quantitative estimate of drug-likeness (QED) is 0.599. The fourth-order valence-corrected chi connectivity index (χ4v) is 3.55. The first-order valence-electron chi connectivity index (χ1n) is 8.73. The van der Waals surface area contributed by atoms with E-state index in [1.165, 1.54) is 0 Å². The molecular formula is C19H22Cl2N6S. The molecule has 0 amide bonds. The fraction of sp³-hybridized carbons (Fsp3) is 0.316. The summed E-state index contributed by atoms with van der Waals surface area (Å²) in [5, 5.41) is 14.0. The number of hydrogen-bond acceptors (Lipinski definition) is 3. The van der Waals surface area contributed by atoms with E-state index in [4.69, 9.17) is 35.4 Å². The van der Waals surface area contributed by atoms with E-state index in [1.807, 2.05) is 60.4 Å². The van der Waals surface area contributed by atoms with Gasteiger partial charge in [-0.15, -0.1) is 0 Å². The Hall–Kier alpha value is -2.09. The molecule has 1 aromatic carbocycles. The van der Waals surface area contributed by atoms with Gasteiger partial charge < -0.3 is 10.2 Å². The van der Waals surface area contributed by atoms with Crippen LogP contribution in [0.2, 0.25) is 10.0 Å². The van der Waals surface area contributed by atoms with Crippen molar-refractivity contribution in [1.82, 2.24) is 24.5 Å². The lowest BCUT2D eigenvalue weighted by molar-refractivity contribution is 0.482. The molecule has 6 nitrogen and oxygen atoms in total. The minimum absolute atomic E-state index is 0.558. The smallest absolute Gasteiger partial charge is 0.173 e. The van der Waals surface area contributed by atoms with E-state index < -0.39 is 0 Å². The van der Waals surface area contributed by atoms with E-state index in [2.05, 4.69) is 15.5 Å². The Labute approximate surface area is 180 Å². The van der Waals surface area contributed by atoms with Crippen molar-refractivity contribution in [2.75, 3.05) is 12.4 Å². The third kappa shape index (κ3) is 4.48. The maximum Gasteiger partial charge on any atom is 0.173 e. The van der Waals surface area contributed by atoms with Gasteiger partial charge in [0.2, 0.25) is 0 Å². The molecular weight excluding hydrogens is 415 g/mol. The second kappa shape index (κ2) is 8.51. The SMILES string of the molecule is Cc1nn(Cc2ccc(Cl)cc2Cl)c(C)c1NC(=S)N(C)Cc1ccnn1C. The second-order valence-corrected chi connectivity index (χ2v) is 7.90. The van der Waals surface area contributed by atoms with Gasteiger partial charge >= 0.3 is 0 Å². The average Bonchev–Trinajstić information content (AvgIpc) is 3.15. The Morgan fingerprint density at radius 3 is 2.64 bits per heavy atom. The lowest BCUT2D eigenvalue weighted by Gasteiger charge is -2.21. The molecule has 148 valence electrons. The molecule has 3 aromatic rings. The molecule has 0 bridgehead atoms. The predicted molar refractivity (Wildman–Crippen MR) is 118 cm³/mol. The first-order chi connectivity index (χ1) is 13.3. The Morgan fingerprint density at radius 2 is 2.00 bits per heavy atom. The van der Waals surface area contributed by atoms with Gasteiger partial charge in [0.05, 0.1) is 35.9 Å². The minimum atomic E-state index is 0.558. The predicted octanol–water partition coefficient (Wildman–Crippen LogP) is 4.42. The molecule has 0 aliphatic carbocycles. The van der Waals surface area contributed by atoms with E-state index in [9.17, 15) is 0 Å². The van der Waals surface area contributed by atoms with Gasteiger partial charge in [0.15, 0.2) is 5.11 Å². The highest BCUT2D eigenvalue weighted by atomic mass is 35.5. The van der Waals surface area contributed by atoms with Crippen LogP contribution >= 0.6 is 35.4 Å². The van der Waals surface area contributed by atoms with Crippen LogP contribution in [0.5, 0.6) is 0 Å². The van der Waals surface area contributed by atoms with E-state index in [1.54, 1.807) is 12.3 Å². The summed E-state index contributed by atoms with van der Waals surface area (Å²) in [7, 11) is 3.87. The minimum Gasteiger partial charge on any atom is -0.346 e. The highest BCUT2D eigenvalue weighted by molar-refractivity contribution is 7.80. The normalized spacial score (nSPS) is 10.9. The van der Waals surface area contributed by atoms with Gasteiger partial charge in [-0.2, -0.15) is 10.2 Å². The number of hydrogen-bond donors (Lipinski definition) is 1. The van der Waals surface area contributed by atoms with Crippen molar-refractivity contribution in [3.8, 4) is 0 Å². The number of rotatable bonds is 5. The van der Waals surface area contributed by atoms with E-state index in [0.717, 1.165) is 28.3 Å². The van der Waals surface area contributed by atoms with Crippen molar-refractivity contribution in [1.29, 1.82) is 0 Å². The fourth-order valence-electron chi connectivity index (χ4n) is 2.92. The maximum absolute atomic E-state index is 6.31. The van der Waals surface area contributed by atoms with Gasteiger partial charge in [-0.1, -0.05) is 29.3 Å². The molecule has 28 heavy (non-hydrogen) atoms. The van der Waals surface area contributed by atoms with Crippen LogP contribution in [0.25, 0.3) is 0 Å². The zero-order chi connectivity index (χ0) is 20.4. The van der Waals surface area contributed by atoms with Gasteiger partial charge in [-0.05, 0) is 49.8 Å². The largest absolute Gasteiger partial charge is 0.346 e. The lowest BCUT2D eigenvalue weighted by Crippen LogP contribution is -2.31. The number of aromatic nitrogens is 4. The molecule has 3 rings (SSSR count). The van der Waals surface area contributed by atoms with Crippen molar-refractivity contribution in [2.24, 2.45) is 7.05 Å². The summed E-state index contributed by atoms with van der Waals surface area (Å²) in [4.78, 5) is 1.97. The molecule has 0 unspecified atom stereocenters. The molecule has 0 radical (unpaired) electrons. The molecule has 0 spiro atoms. The van der Waals surface area contributed by atoms with Crippen molar-refractivity contribution in [3.63, 3.8) is 0 Å². The Balaban J connectivity index is 1.74. The Kier molecular flexibility index (Phi) is 6.27. The zero-order valence-corrected chi connectivity index (χ0v) is 18.5. The third-order valence-electron chi connectivity index (χ3n) is 4.62. The number of thiocarbonyl (C=S) groups is 1. The van der Waals surface area contributed by atoms with E-state index >= 15 is 0 Å². The summed E-state index contributed by atoms with van der Waals surface area (Å²) in [5.41, 5.74) is 4.80. The number of halogens is 2. The van der Waals surface area contributed by atoms with Crippen LogP contribution in [0.4, 0.5) is 5.69 Å². The number of nitrogens with zero attached hydrogens (tertiary/aromatic N) is 5. The summed E-state index contributed by atoms with van der Waals surface area (Å²) < 4.78 is 3.75. The summed E-state index contributed by atoms with van der Waals surface area (Å²) in [6, 6.07) is 7.46. The van der Waals surface area contributed by atoms with Crippen LogP contribution in [0.1, 0.15) is 22.6 Å². The van der Waals surface area contributed by atoms with Gasteiger partial charge in [-0.25, -0.2) is 0 Å². The maximum atomic E-state index is 6.31. The van der Waals surface area contributed by atoms with Crippen molar-refractivity contribution < 1.29 is 0 Å². The highest BCUT2D eigenvalue weighted by Gasteiger charge is 2.16.